The molecular formula is C25H28KNO-2. The quantitative estimate of drug-likeness (QED) is 0.479. The average molecular weight is 398 g/mol. The van der Waals surface area contributed by atoms with Gasteiger partial charge < -0.3 is 16.8 Å². The Morgan fingerprint density at radius 3 is 2.14 bits per heavy atom. The fraction of sp³-hybridized carbons (Fsp3) is 0.200. The number of carbonyl (C=O) groups excluding carboxylic acids is 1. The zero-order valence-corrected chi connectivity index (χ0v) is 20.9. The Labute approximate surface area is 213 Å². The zero-order chi connectivity index (χ0) is 18.9. The molecule has 0 spiro atoms. The smallest absolute Gasteiger partial charge is 0.383 e. The molecule has 0 saturated heterocycles. The third-order valence-electron chi connectivity index (χ3n) is 4.34. The third-order valence-corrected chi connectivity index (χ3v) is 4.34. The molecule has 3 rings (SSSR count). The van der Waals surface area contributed by atoms with Crippen LogP contribution in [0.25, 0.3) is 11.8 Å². The van der Waals surface area contributed by atoms with Crippen LogP contribution in [-0.2, 0) is 11.2 Å². The summed E-state index contributed by atoms with van der Waals surface area (Å²) in [6.07, 6.45) is 6.13. The summed E-state index contributed by atoms with van der Waals surface area (Å²) >= 11 is 0. The molecule has 1 heterocycles. The van der Waals surface area contributed by atoms with E-state index in [2.05, 4.69) is 36.3 Å². The van der Waals surface area contributed by atoms with E-state index in [0.29, 0.717) is 5.56 Å². The van der Waals surface area contributed by atoms with Crippen molar-refractivity contribution in [2.45, 2.75) is 33.6 Å². The first-order valence-electron chi connectivity index (χ1n) is 8.86. The monoisotopic (exact) mass is 397 g/mol. The van der Waals surface area contributed by atoms with Crippen molar-refractivity contribution >= 4 is 12.4 Å². The fourth-order valence-corrected chi connectivity index (χ4v) is 3.08. The number of aryl methyl sites for hydroxylation is 1. The topological polar surface area (TPSA) is 22.0 Å². The number of para-hydroxylation sites is 1. The first kappa shape index (κ1) is 26.8. The predicted molar refractivity (Wildman–Crippen MR) is 116 cm³/mol. The van der Waals surface area contributed by atoms with Gasteiger partial charge in [-0.1, -0.05) is 50.6 Å². The summed E-state index contributed by atoms with van der Waals surface area (Å²) < 4.78 is 2.05. The normalized spacial score (nSPS) is 9.25. The maximum atomic E-state index is 11.0. The molecule has 142 valence electrons. The van der Waals surface area contributed by atoms with Gasteiger partial charge in [-0.05, 0) is 24.8 Å². The number of hydrogen-bond donors (Lipinski definition) is 0. The second kappa shape index (κ2) is 13.9. The van der Waals surface area contributed by atoms with Crippen LogP contribution >= 0.6 is 0 Å². The molecule has 1 aromatic heterocycles. The summed E-state index contributed by atoms with van der Waals surface area (Å²) in [5.74, 6) is 0. The van der Waals surface area contributed by atoms with Gasteiger partial charge >= 0.3 is 51.4 Å². The Balaban J connectivity index is 0.000000570. The molecule has 0 N–H and O–H groups in total. The minimum Gasteiger partial charge on any atom is -0.383 e. The molecule has 0 fully saturated rings. The summed E-state index contributed by atoms with van der Waals surface area (Å²) in [4.78, 5) is 11.0. The maximum absolute atomic E-state index is 11.0. The Bertz CT molecular complexity index is 820. The van der Waals surface area contributed by atoms with Crippen LogP contribution in [-0.4, -0.2) is 10.9 Å². The van der Waals surface area contributed by atoms with Crippen molar-refractivity contribution in [3.8, 4) is 5.69 Å². The van der Waals surface area contributed by atoms with Gasteiger partial charge in [0.2, 0.25) is 0 Å². The fourth-order valence-electron chi connectivity index (χ4n) is 3.08. The number of hydrogen-bond acceptors (Lipinski definition) is 1. The van der Waals surface area contributed by atoms with Crippen molar-refractivity contribution in [1.82, 2.24) is 4.57 Å². The van der Waals surface area contributed by atoms with Crippen LogP contribution in [0.2, 0.25) is 0 Å². The standard InChI is InChI=1S/C15H14NO.C9H11.CH3.K/c1-4-14-11(2)16(12(3)15(14)10-17)13-8-6-5-7-9-13;1-2-6-9-7-4-3-5-8-9;;/h4-9H,1H2,2-3H3;4-5,7-8H,2,6H2,1H3;1H3;/q3*-1;+1. The van der Waals surface area contributed by atoms with Crippen LogP contribution in [0.1, 0.15) is 41.4 Å². The molecule has 0 atom stereocenters. The van der Waals surface area contributed by atoms with Crippen molar-refractivity contribution in [2.24, 2.45) is 0 Å². The van der Waals surface area contributed by atoms with Crippen LogP contribution in [0.4, 0.5) is 0 Å². The van der Waals surface area contributed by atoms with E-state index in [9.17, 15) is 4.79 Å². The van der Waals surface area contributed by atoms with Crippen molar-refractivity contribution < 1.29 is 56.2 Å². The molecular weight excluding hydrogens is 369 g/mol. The van der Waals surface area contributed by atoms with Gasteiger partial charge in [-0.15, -0.1) is 23.8 Å². The van der Waals surface area contributed by atoms with Crippen LogP contribution in [0.5, 0.6) is 0 Å². The van der Waals surface area contributed by atoms with Gasteiger partial charge in [0.05, 0.1) is 6.29 Å². The first-order valence-corrected chi connectivity index (χ1v) is 8.86. The van der Waals surface area contributed by atoms with E-state index >= 15 is 0 Å². The van der Waals surface area contributed by atoms with Crippen molar-refractivity contribution in [3.63, 3.8) is 0 Å². The summed E-state index contributed by atoms with van der Waals surface area (Å²) in [5.41, 5.74) is 5.84. The Morgan fingerprint density at radius 2 is 1.68 bits per heavy atom. The van der Waals surface area contributed by atoms with Gasteiger partial charge in [0.15, 0.2) is 0 Å². The molecule has 2 aromatic carbocycles. The molecule has 0 saturated carbocycles. The summed E-state index contributed by atoms with van der Waals surface area (Å²) in [6.45, 7) is 9.86. The minimum absolute atomic E-state index is 0. The molecule has 0 radical (unpaired) electrons. The molecule has 28 heavy (non-hydrogen) atoms. The van der Waals surface area contributed by atoms with Crippen molar-refractivity contribution in [3.05, 3.63) is 103 Å². The van der Waals surface area contributed by atoms with Crippen LogP contribution in [0, 0.1) is 27.3 Å². The van der Waals surface area contributed by atoms with E-state index in [1.54, 1.807) is 6.08 Å². The van der Waals surface area contributed by atoms with Gasteiger partial charge in [0, 0.05) is 5.69 Å². The Hall–Kier alpha value is -1.23. The summed E-state index contributed by atoms with van der Waals surface area (Å²) in [7, 11) is 0. The molecule has 0 aliphatic carbocycles. The van der Waals surface area contributed by atoms with E-state index in [4.69, 9.17) is 0 Å². The van der Waals surface area contributed by atoms with Gasteiger partial charge in [0.1, 0.15) is 0 Å². The van der Waals surface area contributed by atoms with E-state index in [1.807, 2.05) is 62.6 Å². The molecule has 0 aliphatic rings. The molecule has 3 heteroatoms. The van der Waals surface area contributed by atoms with Crippen LogP contribution in [0.15, 0.2) is 61.2 Å². The molecule has 0 amide bonds. The van der Waals surface area contributed by atoms with Crippen LogP contribution < -0.4 is 51.4 Å². The average Bonchev–Trinajstić information content (AvgIpc) is 2.93. The van der Waals surface area contributed by atoms with Gasteiger partial charge in [-0.3, -0.25) is 0 Å². The Kier molecular flexibility index (Phi) is 13.3. The Morgan fingerprint density at radius 1 is 1.07 bits per heavy atom. The summed E-state index contributed by atoms with van der Waals surface area (Å²) in [5, 5.41) is 0. The van der Waals surface area contributed by atoms with Gasteiger partial charge in [-0.25, -0.2) is 0 Å². The second-order valence-electron chi connectivity index (χ2n) is 6.09. The number of aromatic nitrogens is 1. The van der Waals surface area contributed by atoms with Crippen molar-refractivity contribution in [2.75, 3.05) is 0 Å². The maximum Gasteiger partial charge on any atom is 1.00 e. The van der Waals surface area contributed by atoms with E-state index in [-0.39, 0.29) is 58.8 Å². The summed E-state index contributed by atoms with van der Waals surface area (Å²) in [6, 6.07) is 21.1. The molecule has 0 aliphatic heterocycles. The number of rotatable bonds is 5. The predicted octanol–water partition coefficient (Wildman–Crippen LogP) is 3.09. The molecule has 2 nitrogen and oxygen atoms in total. The third kappa shape index (κ3) is 6.68. The number of benzene rings is 2. The SMILES string of the molecule is C=Cc1c([C-]=O)c(C)n(-c2ccccc2)c1C.CCCc1cc[c-]cc1.[CH3-].[K+]. The molecule has 0 unspecified atom stereocenters. The second-order valence-corrected chi connectivity index (χ2v) is 6.09. The van der Waals surface area contributed by atoms with E-state index < -0.39 is 0 Å². The van der Waals surface area contributed by atoms with E-state index in [0.717, 1.165) is 22.6 Å². The van der Waals surface area contributed by atoms with E-state index in [1.165, 1.54) is 18.4 Å². The van der Waals surface area contributed by atoms with Crippen LogP contribution in [0.3, 0.4) is 0 Å². The molecule has 3 aromatic rings. The molecule has 0 bridgehead atoms. The van der Waals surface area contributed by atoms with Gasteiger partial charge in [0.25, 0.3) is 0 Å². The number of nitrogens with zero attached hydrogens (tertiary/aromatic N) is 1. The minimum atomic E-state index is 0. The largest absolute Gasteiger partial charge is 1.00 e. The van der Waals surface area contributed by atoms with Gasteiger partial charge in [-0.2, -0.15) is 35.9 Å². The first-order chi connectivity index (χ1) is 12.6. The zero-order valence-electron chi connectivity index (χ0n) is 17.8. The van der Waals surface area contributed by atoms with Crippen molar-refractivity contribution in [1.29, 1.82) is 0 Å².